The minimum absolute atomic E-state index is 0.0816. The van der Waals surface area contributed by atoms with Crippen molar-refractivity contribution in [1.82, 2.24) is 15.1 Å². The van der Waals surface area contributed by atoms with Crippen LogP contribution in [-0.2, 0) is 9.53 Å². The average molecular weight is 263 g/mol. The van der Waals surface area contributed by atoms with E-state index in [1.54, 1.807) is 11.0 Å². The minimum Gasteiger partial charge on any atom is -0.469 e. The zero-order chi connectivity index (χ0) is 13.7. The van der Waals surface area contributed by atoms with E-state index in [0.29, 0.717) is 12.1 Å². The van der Waals surface area contributed by atoms with Crippen molar-refractivity contribution in [3.05, 3.63) is 24.0 Å². The molecule has 0 aliphatic carbocycles. The predicted octanol–water partition coefficient (Wildman–Crippen LogP) is 1.03. The summed E-state index contributed by atoms with van der Waals surface area (Å²) in [6.07, 6.45) is 6.01. The first-order valence-electron chi connectivity index (χ1n) is 6.37. The molecule has 0 aromatic carbocycles. The molecule has 2 rings (SSSR count). The van der Waals surface area contributed by atoms with Gasteiger partial charge in [0.25, 0.3) is 5.91 Å². The summed E-state index contributed by atoms with van der Waals surface area (Å²) < 4.78 is 4.69. The van der Waals surface area contributed by atoms with Crippen LogP contribution in [0.5, 0.6) is 0 Å². The summed E-state index contributed by atoms with van der Waals surface area (Å²) in [5, 5.41) is 7.37. The Labute approximate surface area is 111 Å². The van der Waals surface area contributed by atoms with Crippen LogP contribution in [0, 0.1) is 0 Å². The number of hydrogen-bond acceptors (Lipinski definition) is 5. The maximum atomic E-state index is 12.4. The maximum absolute atomic E-state index is 12.4. The van der Waals surface area contributed by atoms with Gasteiger partial charge in [0.1, 0.15) is 0 Å². The molecule has 1 amide bonds. The quantitative estimate of drug-likeness (QED) is 0.762. The van der Waals surface area contributed by atoms with E-state index in [1.807, 2.05) is 0 Å². The van der Waals surface area contributed by atoms with E-state index in [1.165, 1.54) is 19.5 Å². The molecule has 0 radical (unpaired) electrons. The number of ether oxygens (including phenoxy) is 1. The number of piperidine rings is 1. The van der Waals surface area contributed by atoms with Crippen molar-refractivity contribution in [2.75, 3.05) is 13.7 Å². The number of esters is 1. The molecule has 6 nitrogen and oxygen atoms in total. The van der Waals surface area contributed by atoms with Crippen LogP contribution in [0.2, 0.25) is 0 Å². The number of hydrogen-bond donors (Lipinski definition) is 0. The zero-order valence-electron chi connectivity index (χ0n) is 10.9. The van der Waals surface area contributed by atoms with Crippen molar-refractivity contribution in [3.63, 3.8) is 0 Å². The van der Waals surface area contributed by atoms with E-state index in [4.69, 9.17) is 0 Å². The summed E-state index contributed by atoms with van der Waals surface area (Å²) in [6, 6.07) is 1.56. The van der Waals surface area contributed by atoms with Gasteiger partial charge in [0.15, 0.2) is 0 Å². The fourth-order valence-corrected chi connectivity index (χ4v) is 2.34. The minimum atomic E-state index is -0.280. The Morgan fingerprint density at radius 2 is 2.26 bits per heavy atom. The number of carbonyl (C=O) groups excluding carboxylic acids is 2. The van der Waals surface area contributed by atoms with Gasteiger partial charge in [-0.05, 0) is 25.3 Å². The van der Waals surface area contributed by atoms with Crippen LogP contribution < -0.4 is 0 Å². The Morgan fingerprint density at radius 3 is 2.95 bits per heavy atom. The zero-order valence-corrected chi connectivity index (χ0v) is 10.9. The molecule has 0 spiro atoms. The van der Waals surface area contributed by atoms with E-state index < -0.39 is 0 Å². The summed E-state index contributed by atoms with van der Waals surface area (Å²) in [5.74, 6) is -0.374. The first-order chi connectivity index (χ1) is 9.22. The lowest BCUT2D eigenvalue weighted by Gasteiger charge is -2.35. The summed E-state index contributed by atoms with van der Waals surface area (Å²) in [4.78, 5) is 25.5. The van der Waals surface area contributed by atoms with Crippen molar-refractivity contribution >= 4 is 11.9 Å². The molecule has 1 aliphatic rings. The van der Waals surface area contributed by atoms with Crippen LogP contribution in [0.3, 0.4) is 0 Å². The molecule has 2 heterocycles. The van der Waals surface area contributed by atoms with E-state index in [0.717, 1.165) is 19.3 Å². The highest BCUT2D eigenvalue weighted by molar-refractivity contribution is 5.94. The predicted molar refractivity (Wildman–Crippen MR) is 67.3 cm³/mol. The number of aromatic nitrogens is 2. The van der Waals surface area contributed by atoms with Gasteiger partial charge in [-0.1, -0.05) is 0 Å². The lowest BCUT2D eigenvalue weighted by Crippen LogP contribution is -2.44. The number of nitrogens with zero attached hydrogens (tertiary/aromatic N) is 3. The third-order valence-electron chi connectivity index (χ3n) is 3.35. The molecule has 0 bridgehead atoms. The Balaban J connectivity index is 2.11. The van der Waals surface area contributed by atoms with Gasteiger partial charge in [-0.25, -0.2) is 0 Å². The van der Waals surface area contributed by atoms with Crippen LogP contribution in [0.15, 0.2) is 18.5 Å². The molecule has 6 heteroatoms. The largest absolute Gasteiger partial charge is 0.469 e. The highest BCUT2D eigenvalue weighted by Crippen LogP contribution is 2.22. The molecule has 1 unspecified atom stereocenters. The van der Waals surface area contributed by atoms with Gasteiger partial charge in [-0.15, -0.1) is 0 Å². The van der Waals surface area contributed by atoms with E-state index in [9.17, 15) is 9.59 Å². The molecule has 0 N–H and O–H groups in total. The highest BCUT2D eigenvalue weighted by atomic mass is 16.5. The third kappa shape index (κ3) is 3.27. The second kappa shape index (κ2) is 6.26. The SMILES string of the molecule is COC(=O)CC1CCCCN1C(=O)c1ccnnc1. The lowest BCUT2D eigenvalue weighted by molar-refractivity contribution is -0.142. The topological polar surface area (TPSA) is 72.4 Å². The van der Waals surface area contributed by atoms with Crippen molar-refractivity contribution in [2.45, 2.75) is 31.7 Å². The molecule has 19 heavy (non-hydrogen) atoms. The van der Waals surface area contributed by atoms with Crippen LogP contribution in [-0.4, -0.2) is 46.7 Å². The molecule has 1 atom stereocenters. The van der Waals surface area contributed by atoms with Crippen LogP contribution >= 0.6 is 0 Å². The van der Waals surface area contributed by atoms with Crippen molar-refractivity contribution in [3.8, 4) is 0 Å². The fourth-order valence-electron chi connectivity index (χ4n) is 2.34. The van der Waals surface area contributed by atoms with Gasteiger partial charge in [0.2, 0.25) is 0 Å². The van der Waals surface area contributed by atoms with Gasteiger partial charge in [0, 0.05) is 12.6 Å². The third-order valence-corrected chi connectivity index (χ3v) is 3.35. The normalized spacial score (nSPS) is 19.0. The molecular weight excluding hydrogens is 246 g/mol. The molecule has 102 valence electrons. The molecule has 1 aromatic rings. The summed E-state index contributed by atoms with van der Waals surface area (Å²) in [6.45, 7) is 0.669. The molecular formula is C13H17N3O3. The molecule has 1 saturated heterocycles. The number of carbonyl (C=O) groups is 2. The molecule has 1 aliphatic heterocycles. The molecule has 1 aromatic heterocycles. The second-order valence-electron chi connectivity index (χ2n) is 4.56. The second-order valence-corrected chi connectivity index (χ2v) is 4.56. The number of methoxy groups -OCH3 is 1. The van der Waals surface area contributed by atoms with Gasteiger partial charge >= 0.3 is 5.97 Å². The van der Waals surface area contributed by atoms with Crippen molar-refractivity contribution in [1.29, 1.82) is 0 Å². The van der Waals surface area contributed by atoms with Crippen molar-refractivity contribution in [2.24, 2.45) is 0 Å². The van der Waals surface area contributed by atoms with Crippen LogP contribution in [0.4, 0.5) is 0 Å². The van der Waals surface area contributed by atoms with Crippen LogP contribution in [0.1, 0.15) is 36.0 Å². The molecule has 0 saturated carbocycles. The first-order valence-corrected chi connectivity index (χ1v) is 6.37. The molecule has 1 fully saturated rings. The van der Waals surface area contributed by atoms with Crippen molar-refractivity contribution < 1.29 is 14.3 Å². The number of likely N-dealkylation sites (tertiary alicyclic amines) is 1. The van der Waals surface area contributed by atoms with Gasteiger partial charge in [-0.2, -0.15) is 10.2 Å². The lowest BCUT2D eigenvalue weighted by atomic mass is 9.98. The van der Waals surface area contributed by atoms with Crippen LogP contribution in [0.25, 0.3) is 0 Å². The van der Waals surface area contributed by atoms with E-state index in [-0.39, 0.29) is 24.3 Å². The van der Waals surface area contributed by atoms with E-state index >= 15 is 0 Å². The monoisotopic (exact) mass is 263 g/mol. The Hall–Kier alpha value is -1.98. The smallest absolute Gasteiger partial charge is 0.307 e. The summed E-state index contributed by atoms with van der Waals surface area (Å²) >= 11 is 0. The Morgan fingerprint density at radius 1 is 1.42 bits per heavy atom. The average Bonchev–Trinajstić information content (AvgIpc) is 2.48. The highest BCUT2D eigenvalue weighted by Gasteiger charge is 2.29. The maximum Gasteiger partial charge on any atom is 0.307 e. The summed E-state index contributed by atoms with van der Waals surface area (Å²) in [7, 11) is 1.37. The van der Waals surface area contributed by atoms with Gasteiger partial charge < -0.3 is 9.64 Å². The van der Waals surface area contributed by atoms with Gasteiger partial charge in [0.05, 0.1) is 31.5 Å². The Kier molecular flexibility index (Phi) is 4.43. The standard InChI is InChI=1S/C13H17N3O3/c1-19-12(17)8-11-4-2-3-7-16(11)13(18)10-5-6-14-15-9-10/h5-6,9,11H,2-4,7-8H2,1H3. The fraction of sp³-hybridized carbons (Fsp3) is 0.538. The summed E-state index contributed by atoms with van der Waals surface area (Å²) in [5.41, 5.74) is 0.506. The van der Waals surface area contributed by atoms with Gasteiger partial charge in [-0.3, -0.25) is 9.59 Å². The number of amides is 1. The van der Waals surface area contributed by atoms with E-state index in [2.05, 4.69) is 14.9 Å². The Bertz CT molecular complexity index is 450. The number of rotatable bonds is 3. The first kappa shape index (κ1) is 13.5.